The molecule has 0 heterocycles. The quantitative estimate of drug-likeness (QED) is 0.710. The molecule has 0 aromatic heterocycles. The molecular formula is C18H20O2. The van der Waals surface area contributed by atoms with Crippen molar-refractivity contribution in [3.8, 4) is 11.5 Å². The Bertz CT molecular complexity index is 559. The molecule has 0 unspecified atom stereocenters. The third kappa shape index (κ3) is 3.89. The first-order valence-electron chi connectivity index (χ1n) is 6.96. The van der Waals surface area contributed by atoms with Crippen LogP contribution in [-0.2, 0) is 0 Å². The maximum absolute atomic E-state index is 5.62. The van der Waals surface area contributed by atoms with Gasteiger partial charge in [0.1, 0.15) is 0 Å². The Morgan fingerprint density at radius 2 is 1.40 bits per heavy atom. The van der Waals surface area contributed by atoms with Crippen LogP contribution in [0.15, 0.2) is 48.5 Å². The fourth-order valence-electron chi connectivity index (χ4n) is 1.93. The van der Waals surface area contributed by atoms with Gasteiger partial charge in [-0.15, -0.1) is 0 Å². The monoisotopic (exact) mass is 268 g/mol. The third-order valence-corrected chi connectivity index (χ3v) is 2.84. The van der Waals surface area contributed by atoms with E-state index in [9.17, 15) is 0 Å². The van der Waals surface area contributed by atoms with Gasteiger partial charge in [-0.25, -0.2) is 0 Å². The van der Waals surface area contributed by atoms with E-state index in [4.69, 9.17) is 9.47 Å². The van der Waals surface area contributed by atoms with Gasteiger partial charge >= 0.3 is 0 Å². The Hall–Kier alpha value is -2.22. The van der Waals surface area contributed by atoms with Crippen molar-refractivity contribution in [2.75, 3.05) is 13.2 Å². The maximum atomic E-state index is 5.62. The number of hydrogen-bond donors (Lipinski definition) is 0. The SMILES string of the molecule is CCOc1ccc(/C=C/c2ccccc2)cc1OCC. The highest BCUT2D eigenvalue weighted by Crippen LogP contribution is 2.29. The lowest BCUT2D eigenvalue weighted by Crippen LogP contribution is -1.98. The van der Waals surface area contributed by atoms with Gasteiger partial charge in [0.15, 0.2) is 11.5 Å². The average molecular weight is 268 g/mol. The second-order valence-corrected chi connectivity index (χ2v) is 4.32. The lowest BCUT2D eigenvalue weighted by molar-refractivity contribution is 0.287. The van der Waals surface area contributed by atoms with Gasteiger partial charge in [-0.3, -0.25) is 0 Å². The molecule has 0 amide bonds. The molecular weight excluding hydrogens is 248 g/mol. The Morgan fingerprint density at radius 1 is 0.750 bits per heavy atom. The highest BCUT2D eigenvalue weighted by Gasteiger charge is 2.04. The van der Waals surface area contributed by atoms with E-state index in [0.29, 0.717) is 13.2 Å². The first-order chi connectivity index (χ1) is 9.83. The van der Waals surface area contributed by atoms with E-state index in [2.05, 4.69) is 24.3 Å². The average Bonchev–Trinajstić information content (AvgIpc) is 2.49. The van der Waals surface area contributed by atoms with Crippen molar-refractivity contribution in [2.24, 2.45) is 0 Å². The highest BCUT2D eigenvalue weighted by atomic mass is 16.5. The van der Waals surface area contributed by atoms with Crippen LogP contribution in [0.25, 0.3) is 12.2 Å². The van der Waals surface area contributed by atoms with Gasteiger partial charge in [0.05, 0.1) is 13.2 Å². The molecule has 0 aliphatic heterocycles. The molecule has 0 radical (unpaired) electrons. The molecule has 2 aromatic rings. The number of ether oxygens (including phenoxy) is 2. The van der Waals surface area contributed by atoms with Crippen LogP contribution in [0.4, 0.5) is 0 Å². The summed E-state index contributed by atoms with van der Waals surface area (Å²) in [6.07, 6.45) is 4.17. The molecule has 0 aliphatic carbocycles. The van der Waals surface area contributed by atoms with Gasteiger partial charge in [-0.2, -0.15) is 0 Å². The standard InChI is InChI=1S/C18H20O2/c1-3-19-17-13-12-16(14-18(17)20-4-2)11-10-15-8-6-5-7-9-15/h5-14H,3-4H2,1-2H3/b11-10+. The summed E-state index contributed by atoms with van der Waals surface area (Å²) in [6, 6.07) is 16.2. The van der Waals surface area contributed by atoms with Crippen molar-refractivity contribution < 1.29 is 9.47 Å². The Balaban J connectivity index is 2.20. The summed E-state index contributed by atoms with van der Waals surface area (Å²) in [5.41, 5.74) is 2.28. The Morgan fingerprint density at radius 3 is 2.10 bits per heavy atom. The van der Waals surface area contributed by atoms with Crippen LogP contribution in [0, 0.1) is 0 Å². The summed E-state index contributed by atoms with van der Waals surface area (Å²) in [5, 5.41) is 0. The van der Waals surface area contributed by atoms with E-state index >= 15 is 0 Å². The topological polar surface area (TPSA) is 18.5 Å². The van der Waals surface area contributed by atoms with E-state index in [1.54, 1.807) is 0 Å². The van der Waals surface area contributed by atoms with E-state index in [-0.39, 0.29) is 0 Å². The van der Waals surface area contributed by atoms with Gasteiger partial charge < -0.3 is 9.47 Å². The van der Waals surface area contributed by atoms with Crippen molar-refractivity contribution in [1.82, 2.24) is 0 Å². The van der Waals surface area contributed by atoms with Crippen molar-refractivity contribution in [3.05, 3.63) is 59.7 Å². The van der Waals surface area contributed by atoms with E-state index in [0.717, 1.165) is 17.1 Å². The smallest absolute Gasteiger partial charge is 0.161 e. The summed E-state index contributed by atoms with van der Waals surface area (Å²) in [5.74, 6) is 1.59. The van der Waals surface area contributed by atoms with Crippen LogP contribution >= 0.6 is 0 Å². The first kappa shape index (κ1) is 14.2. The molecule has 0 bridgehead atoms. The van der Waals surface area contributed by atoms with Gasteiger partial charge in [-0.05, 0) is 37.1 Å². The molecule has 0 atom stereocenters. The van der Waals surface area contributed by atoms with Gasteiger partial charge in [0, 0.05) is 0 Å². The molecule has 2 rings (SSSR count). The molecule has 104 valence electrons. The Labute approximate surface area is 120 Å². The van der Waals surface area contributed by atoms with Crippen LogP contribution in [0.1, 0.15) is 25.0 Å². The van der Waals surface area contributed by atoms with E-state index in [1.807, 2.05) is 50.2 Å². The van der Waals surface area contributed by atoms with Crippen molar-refractivity contribution in [3.63, 3.8) is 0 Å². The predicted octanol–water partition coefficient (Wildman–Crippen LogP) is 4.65. The fourth-order valence-corrected chi connectivity index (χ4v) is 1.93. The normalized spacial score (nSPS) is 10.7. The molecule has 0 spiro atoms. The molecule has 20 heavy (non-hydrogen) atoms. The van der Waals surface area contributed by atoms with Crippen molar-refractivity contribution >= 4 is 12.2 Å². The zero-order valence-electron chi connectivity index (χ0n) is 12.0. The number of benzene rings is 2. The maximum Gasteiger partial charge on any atom is 0.161 e. The van der Waals surface area contributed by atoms with Crippen LogP contribution in [0.5, 0.6) is 11.5 Å². The van der Waals surface area contributed by atoms with Crippen LogP contribution in [0.3, 0.4) is 0 Å². The summed E-state index contributed by atoms with van der Waals surface area (Å²) in [6.45, 7) is 5.21. The van der Waals surface area contributed by atoms with Crippen molar-refractivity contribution in [2.45, 2.75) is 13.8 Å². The molecule has 0 saturated heterocycles. The minimum absolute atomic E-state index is 0.631. The van der Waals surface area contributed by atoms with Crippen LogP contribution < -0.4 is 9.47 Å². The molecule has 0 aliphatic rings. The molecule has 2 nitrogen and oxygen atoms in total. The lowest BCUT2D eigenvalue weighted by atomic mass is 10.1. The zero-order chi connectivity index (χ0) is 14.2. The second kappa shape index (κ2) is 7.39. The summed E-state index contributed by atoms with van der Waals surface area (Å²) in [4.78, 5) is 0. The second-order valence-electron chi connectivity index (χ2n) is 4.32. The van der Waals surface area contributed by atoms with Gasteiger partial charge in [-0.1, -0.05) is 48.6 Å². The van der Waals surface area contributed by atoms with Gasteiger partial charge in [0.2, 0.25) is 0 Å². The summed E-state index contributed by atoms with van der Waals surface area (Å²) in [7, 11) is 0. The van der Waals surface area contributed by atoms with Crippen molar-refractivity contribution in [1.29, 1.82) is 0 Å². The number of hydrogen-bond acceptors (Lipinski definition) is 2. The predicted molar refractivity (Wildman–Crippen MR) is 84.2 cm³/mol. The van der Waals surface area contributed by atoms with Crippen LogP contribution in [0.2, 0.25) is 0 Å². The molecule has 2 heteroatoms. The van der Waals surface area contributed by atoms with E-state index < -0.39 is 0 Å². The molecule has 0 fully saturated rings. The summed E-state index contributed by atoms with van der Waals surface area (Å²) < 4.78 is 11.2. The van der Waals surface area contributed by atoms with E-state index in [1.165, 1.54) is 5.56 Å². The summed E-state index contributed by atoms with van der Waals surface area (Å²) >= 11 is 0. The molecule has 0 N–H and O–H groups in total. The third-order valence-electron chi connectivity index (χ3n) is 2.84. The largest absolute Gasteiger partial charge is 0.490 e. The minimum atomic E-state index is 0.631. The molecule has 0 saturated carbocycles. The van der Waals surface area contributed by atoms with Gasteiger partial charge in [0.25, 0.3) is 0 Å². The molecule has 2 aromatic carbocycles. The number of rotatable bonds is 6. The Kier molecular flexibility index (Phi) is 5.24. The zero-order valence-corrected chi connectivity index (χ0v) is 12.0. The lowest BCUT2D eigenvalue weighted by Gasteiger charge is -2.11. The fraction of sp³-hybridized carbons (Fsp3) is 0.222. The first-order valence-corrected chi connectivity index (χ1v) is 6.96. The van der Waals surface area contributed by atoms with Crippen LogP contribution in [-0.4, -0.2) is 13.2 Å². The minimum Gasteiger partial charge on any atom is -0.490 e. The highest BCUT2D eigenvalue weighted by molar-refractivity contribution is 5.70.